The Balaban J connectivity index is 4.46. The summed E-state index contributed by atoms with van der Waals surface area (Å²) in [5.41, 5.74) is 0. The topological polar surface area (TPSA) is 40.9 Å². The minimum Gasteiger partial charge on any atom is -0.227 e. The summed E-state index contributed by atoms with van der Waals surface area (Å²) in [7, 11) is -0.495. The Kier molecular flexibility index (Phi) is 4.49. The van der Waals surface area contributed by atoms with E-state index in [0.717, 1.165) is 19.3 Å². The van der Waals surface area contributed by atoms with Gasteiger partial charge in [0.2, 0.25) is 0 Å². The first-order chi connectivity index (χ1) is 5.73. The summed E-state index contributed by atoms with van der Waals surface area (Å²) < 4.78 is 30.0. The predicted molar refractivity (Wildman–Crippen MR) is 60.7 cm³/mol. The maximum Gasteiger partial charge on any atom is 0.196 e. The molecule has 0 heterocycles. The molecule has 0 aliphatic heterocycles. The first-order valence-corrected chi connectivity index (χ1v) is 6.17. The van der Waals surface area contributed by atoms with Crippen molar-refractivity contribution in [2.45, 2.75) is 43.6 Å². The Morgan fingerprint density at radius 1 is 1.69 bits per heavy atom. The number of unbranched alkanes of at least 4 members (excludes halogenated alkanes) is 1. The fourth-order valence-corrected chi connectivity index (χ4v) is 1.75. The van der Waals surface area contributed by atoms with Gasteiger partial charge < -0.3 is 0 Å². The third-order valence-electron chi connectivity index (χ3n) is 2.85. The first-order valence-electron chi connectivity index (χ1n) is 4.71. The molecule has 76 valence electrons. The Labute approximate surface area is 82.8 Å². The van der Waals surface area contributed by atoms with E-state index in [4.69, 9.17) is 4.78 Å². The SMILES string of the molecule is BC(CCCC)C(B)(C)S(=N)(=O)F. The molecule has 0 aliphatic carbocycles. The molecule has 0 saturated heterocycles. The van der Waals surface area contributed by atoms with E-state index in [1.807, 2.05) is 7.85 Å². The molecule has 0 saturated carbocycles. The lowest BCUT2D eigenvalue weighted by molar-refractivity contribution is 0.572. The zero-order valence-electron chi connectivity index (χ0n) is 8.89. The number of hydrogen-bond donors (Lipinski definition) is 1. The van der Waals surface area contributed by atoms with E-state index < -0.39 is 14.8 Å². The Morgan fingerprint density at radius 2 is 2.15 bits per heavy atom. The van der Waals surface area contributed by atoms with Crippen LogP contribution >= 0.6 is 0 Å². The van der Waals surface area contributed by atoms with Crippen molar-refractivity contribution < 1.29 is 8.09 Å². The van der Waals surface area contributed by atoms with E-state index in [1.54, 1.807) is 14.8 Å². The maximum absolute atomic E-state index is 13.0. The molecule has 0 fully saturated rings. The number of halogens is 1. The van der Waals surface area contributed by atoms with E-state index >= 15 is 0 Å². The van der Waals surface area contributed by atoms with Gasteiger partial charge in [0, 0.05) is 4.65 Å². The predicted octanol–water partition coefficient (Wildman–Crippen LogP) is 0.879. The molecule has 0 bridgehead atoms. The van der Waals surface area contributed by atoms with E-state index in [2.05, 4.69) is 6.92 Å². The van der Waals surface area contributed by atoms with Gasteiger partial charge in [-0.25, -0.2) is 8.99 Å². The van der Waals surface area contributed by atoms with Gasteiger partial charge in [0.25, 0.3) is 0 Å². The Hall–Kier alpha value is 0.00987. The van der Waals surface area contributed by atoms with Crippen molar-refractivity contribution in [1.29, 1.82) is 4.78 Å². The molecule has 0 aliphatic rings. The van der Waals surface area contributed by atoms with E-state index in [9.17, 15) is 8.09 Å². The monoisotopic (exact) mass is 205 g/mol. The number of hydrogen-bond acceptors (Lipinski definition) is 2. The largest absolute Gasteiger partial charge is 0.227 e. The van der Waals surface area contributed by atoms with Crippen molar-refractivity contribution in [3.63, 3.8) is 0 Å². The summed E-state index contributed by atoms with van der Waals surface area (Å²) >= 11 is 0. The lowest BCUT2D eigenvalue weighted by atomic mass is 9.65. The van der Waals surface area contributed by atoms with E-state index in [-0.39, 0.29) is 5.82 Å². The van der Waals surface area contributed by atoms with Crippen LogP contribution in [0.25, 0.3) is 0 Å². The van der Waals surface area contributed by atoms with Crippen molar-refractivity contribution in [2.75, 3.05) is 0 Å². The zero-order chi connectivity index (χ0) is 10.7. The highest BCUT2D eigenvalue weighted by Crippen LogP contribution is 2.31. The zero-order valence-corrected chi connectivity index (χ0v) is 9.71. The van der Waals surface area contributed by atoms with Crippen molar-refractivity contribution >= 4 is 25.8 Å². The van der Waals surface area contributed by atoms with Gasteiger partial charge in [0.15, 0.2) is 10.1 Å². The molecule has 3 unspecified atom stereocenters. The average molecular weight is 205 g/mol. The fraction of sp³-hybridized carbons (Fsp3) is 1.00. The summed E-state index contributed by atoms with van der Waals surface area (Å²) in [5.74, 6) is -0.0116. The maximum atomic E-state index is 13.0. The van der Waals surface area contributed by atoms with E-state index in [0.29, 0.717) is 0 Å². The van der Waals surface area contributed by atoms with E-state index in [1.165, 1.54) is 0 Å². The van der Waals surface area contributed by atoms with Crippen LogP contribution in [0.1, 0.15) is 33.1 Å². The first kappa shape index (κ1) is 13.0. The van der Waals surface area contributed by atoms with Gasteiger partial charge in [-0.3, -0.25) is 0 Å². The van der Waals surface area contributed by atoms with Gasteiger partial charge in [0.1, 0.15) is 15.7 Å². The number of nitrogens with one attached hydrogen (secondary N) is 1. The molecule has 0 amide bonds. The molecule has 0 spiro atoms. The molecule has 0 radical (unpaired) electrons. The average Bonchev–Trinajstić information content (AvgIpc) is 1.97. The molecule has 0 aromatic carbocycles. The van der Waals surface area contributed by atoms with Crippen LogP contribution in [0.15, 0.2) is 0 Å². The van der Waals surface area contributed by atoms with Crippen molar-refractivity contribution in [3.05, 3.63) is 0 Å². The summed E-state index contributed by atoms with van der Waals surface area (Å²) in [6.45, 7) is 3.63. The van der Waals surface area contributed by atoms with Crippen LogP contribution in [-0.4, -0.2) is 24.5 Å². The quantitative estimate of drug-likeness (QED) is 0.525. The molecule has 6 heteroatoms. The molecule has 0 aromatic rings. The highest BCUT2D eigenvalue weighted by molar-refractivity contribution is 7.90. The van der Waals surface area contributed by atoms with Gasteiger partial charge in [-0.2, -0.15) is 0 Å². The fourth-order valence-electron chi connectivity index (χ4n) is 1.12. The van der Waals surface area contributed by atoms with Crippen LogP contribution in [0.5, 0.6) is 0 Å². The highest BCUT2D eigenvalue weighted by Gasteiger charge is 2.35. The molecule has 13 heavy (non-hydrogen) atoms. The van der Waals surface area contributed by atoms with Crippen LogP contribution in [0.2, 0.25) is 5.82 Å². The molecule has 1 N–H and O–H groups in total. The second kappa shape index (κ2) is 4.49. The molecular weight excluding hydrogens is 187 g/mol. The summed E-state index contributed by atoms with van der Waals surface area (Å²) in [4.78, 5) is 0. The van der Waals surface area contributed by atoms with Crippen molar-refractivity contribution in [2.24, 2.45) is 0 Å². The summed E-state index contributed by atoms with van der Waals surface area (Å²) in [6.07, 6.45) is 2.88. The molecule has 0 rings (SSSR count). The van der Waals surface area contributed by atoms with Crippen LogP contribution in [0, 0.1) is 4.78 Å². The standard InChI is InChI=1S/C7H18B2FNOS/c1-3-4-5-6(8)7(2,9)13(10,11)12/h6,11H,3-5,8-9H2,1-2H3. The second-order valence-corrected chi connectivity index (χ2v) is 6.16. The van der Waals surface area contributed by atoms with Crippen molar-refractivity contribution in [3.8, 4) is 0 Å². The van der Waals surface area contributed by atoms with Gasteiger partial charge >= 0.3 is 0 Å². The molecule has 3 atom stereocenters. The van der Waals surface area contributed by atoms with Crippen LogP contribution in [0.4, 0.5) is 3.89 Å². The van der Waals surface area contributed by atoms with Crippen LogP contribution in [-0.2, 0) is 10.1 Å². The number of rotatable bonds is 5. The Bertz CT molecular complexity index is 253. The normalized spacial score (nSPS) is 23.0. The smallest absolute Gasteiger partial charge is 0.196 e. The molecule has 2 nitrogen and oxygen atoms in total. The van der Waals surface area contributed by atoms with Gasteiger partial charge in [-0.15, -0.1) is 3.89 Å². The second-order valence-electron chi connectivity index (χ2n) is 4.13. The lowest BCUT2D eigenvalue weighted by Crippen LogP contribution is -2.37. The van der Waals surface area contributed by atoms with Crippen molar-refractivity contribution in [1.82, 2.24) is 0 Å². The van der Waals surface area contributed by atoms with Gasteiger partial charge in [-0.05, 0) is 0 Å². The Morgan fingerprint density at radius 3 is 2.46 bits per heavy atom. The lowest BCUT2D eigenvalue weighted by Gasteiger charge is -2.29. The minimum atomic E-state index is -3.93. The van der Waals surface area contributed by atoms with Crippen LogP contribution < -0.4 is 0 Å². The summed E-state index contributed by atoms with van der Waals surface area (Å²) in [5, 5.41) is 0. The van der Waals surface area contributed by atoms with Gasteiger partial charge in [0.05, 0.1) is 0 Å². The van der Waals surface area contributed by atoms with Gasteiger partial charge in [-0.1, -0.05) is 38.9 Å². The summed E-state index contributed by atoms with van der Waals surface area (Å²) in [6, 6.07) is 0. The molecule has 0 aromatic heterocycles. The minimum absolute atomic E-state index is 0.0116. The highest BCUT2D eigenvalue weighted by atomic mass is 32.3. The molecular formula is C7H18B2FNOS. The third kappa shape index (κ3) is 3.33. The third-order valence-corrected chi connectivity index (χ3v) is 4.61. The van der Waals surface area contributed by atoms with Crippen LogP contribution in [0.3, 0.4) is 0 Å².